The lowest BCUT2D eigenvalue weighted by Crippen LogP contribution is -1.78. The molecule has 0 radical (unpaired) electrons. The summed E-state index contributed by atoms with van der Waals surface area (Å²) in [5.74, 6) is 0.306. The van der Waals surface area contributed by atoms with Crippen molar-refractivity contribution in [3.8, 4) is 17.0 Å². The summed E-state index contributed by atoms with van der Waals surface area (Å²) >= 11 is 0. The number of phenols is 1. The molecule has 0 aliphatic rings. The quantitative estimate of drug-likeness (QED) is 0.631. The molecule has 78 valence electrons. The summed E-state index contributed by atoms with van der Waals surface area (Å²) in [5.41, 5.74) is 2.26. The van der Waals surface area contributed by atoms with E-state index < -0.39 is 0 Å². The van der Waals surface area contributed by atoms with Gasteiger partial charge in [0.15, 0.2) is 0 Å². The summed E-state index contributed by atoms with van der Waals surface area (Å²) in [6.07, 6.45) is 1.91. The number of phenolic OH excluding ortho intramolecular Hbond substituents is 1. The van der Waals surface area contributed by atoms with Gasteiger partial charge in [-0.3, -0.25) is 0 Å². The standard InChI is InChI=1S/C14H11NO/c16-13-6-5-10-8-12(4-3-11(10)9-13)14-2-1-7-15-14/h1-9,15-16H. The summed E-state index contributed by atoms with van der Waals surface area (Å²) in [7, 11) is 0. The minimum absolute atomic E-state index is 0.306. The van der Waals surface area contributed by atoms with Crippen LogP contribution >= 0.6 is 0 Å². The molecule has 0 aliphatic heterocycles. The number of hydrogen-bond donors (Lipinski definition) is 2. The van der Waals surface area contributed by atoms with Gasteiger partial charge in [0, 0.05) is 11.9 Å². The molecule has 16 heavy (non-hydrogen) atoms. The van der Waals surface area contributed by atoms with Gasteiger partial charge in [-0.2, -0.15) is 0 Å². The lowest BCUT2D eigenvalue weighted by atomic mass is 10.1. The highest BCUT2D eigenvalue weighted by atomic mass is 16.3. The molecule has 0 atom stereocenters. The maximum Gasteiger partial charge on any atom is 0.116 e. The third-order valence-corrected chi connectivity index (χ3v) is 2.73. The van der Waals surface area contributed by atoms with E-state index in [1.165, 1.54) is 0 Å². The van der Waals surface area contributed by atoms with Gasteiger partial charge in [0.1, 0.15) is 5.75 Å². The van der Waals surface area contributed by atoms with Crippen LogP contribution in [0.25, 0.3) is 22.0 Å². The first kappa shape index (κ1) is 9.04. The molecule has 0 aliphatic carbocycles. The highest BCUT2D eigenvalue weighted by molar-refractivity contribution is 5.87. The number of aromatic nitrogens is 1. The molecular formula is C14H11NO. The van der Waals surface area contributed by atoms with E-state index in [1.807, 2.05) is 36.5 Å². The number of aromatic amines is 1. The fraction of sp³-hybridized carbons (Fsp3) is 0. The van der Waals surface area contributed by atoms with Crippen molar-refractivity contribution in [3.05, 3.63) is 54.7 Å². The molecule has 0 unspecified atom stereocenters. The fourth-order valence-electron chi connectivity index (χ4n) is 1.91. The van der Waals surface area contributed by atoms with E-state index in [9.17, 15) is 5.11 Å². The molecule has 2 aromatic carbocycles. The number of nitrogens with one attached hydrogen (secondary N) is 1. The fourth-order valence-corrected chi connectivity index (χ4v) is 1.91. The minimum Gasteiger partial charge on any atom is -0.508 e. The lowest BCUT2D eigenvalue weighted by Gasteiger charge is -2.02. The molecule has 0 amide bonds. The van der Waals surface area contributed by atoms with E-state index in [1.54, 1.807) is 12.1 Å². The molecular weight excluding hydrogens is 198 g/mol. The smallest absolute Gasteiger partial charge is 0.116 e. The molecule has 0 fully saturated rings. The third-order valence-electron chi connectivity index (χ3n) is 2.73. The minimum atomic E-state index is 0.306. The van der Waals surface area contributed by atoms with Gasteiger partial charge < -0.3 is 10.1 Å². The van der Waals surface area contributed by atoms with Crippen LogP contribution in [-0.4, -0.2) is 10.1 Å². The van der Waals surface area contributed by atoms with E-state index in [0.29, 0.717) is 5.75 Å². The Morgan fingerprint density at radius 3 is 2.50 bits per heavy atom. The van der Waals surface area contributed by atoms with E-state index in [4.69, 9.17) is 0 Å². The largest absolute Gasteiger partial charge is 0.508 e. The summed E-state index contributed by atoms with van der Waals surface area (Å²) in [6.45, 7) is 0. The summed E-state index contributed by atoms with van der Waals surface area (Å²) in [6, 6.07) is 15.6. The van der Waals surface area contributed by atoms with Crippen molar-refractivity contribution in [1.82, 2.24) is 4.98 Å². The van der Waals surface area contributed by atoms with Crippen molar-refractivity contribution in [1.29, 1.82) is 0 Å². The molecule has 1 heterocycles. The maximum absolute atomic E-state index is 9.38. The van der Waals surface area contributed by atoms with Crippen LogP contribution in [0.5, 0.6) is 5.75 Å². The van der Waals surface area contributed by atoms with Crippen LogP contribution in [0.4, 0.5) is 0 Å². The van der Waals surface area contributed by atoms with Gasteiger partial charge in [0.2, 0.25) is 0 Å². The monoisotopic (exact) mass is 209 g/mol. The lowest BCUT2D eigenvalue weighted by molar-refractivity contribution is 0.476. The number of hydrogen-bond acceptors (Lipinski definition) is 1. The van der Waals surface area contributed by atoms with Gasteiger partial charge in [-0.15, -0.1) is 0 Å². The molecule has 0 spiro atoms. The Morgan fingerprint density at radius 2 is 1.69 bits per heavy atom. The van der Waals surface area contributed by atoms with Crippen LogP contribution in [0, 0.1) is 0 Å². The van der Waals surface area contributed by atoms with E-state index in [2.05, 4.69) is 11.1 Å². The maximum atomic E-state index is 9.38. The van der Waals surface area contributed by atoms with Gasteiger partial charge in [0.25, 0.3) is 0 Å². The number of rotatable bonds is 1. The van der Waals surface area contributed by atoms with Gasteiger partial charge in [-0.05, 0) is 46.7 Å². The highest BCUT2D eigenvalue weighted by Crippen LogP contribution is 2.25. The van der Waals surface area contributed by atoms with Crippen molar-refractivity contribution in [3.63, 3.8) is 0 Å². The van der Waals surface area contributed by atoms with Gasteiger partial charge in [-0.1, -0.05) is 18.2 Å². The second kappa shape index (κ2) is 3.42. The van der Waals surface area contributed by atoms with Crippen molar-refractivity contribution < 1.29 is 5.11 Å². The molecule has 2 heteroatoms. The zero-order chi connectivity index (χ0) is 11.0. The van der Waals surface area contributed by atoms with Crippen LogP contribution < -0.4 is 0 Å². The first-order valence-electron chi connectivity index (χ1n) is 5.19. The van der Waals surface area contributed by atoms with E-state index in [0.717, 1.165) is 22.0 Å². The van der Waals surface area contributed by atoms with Crippen LogP contribution in [0.1, 0.15) is 0 Å². The SMILES string of the molecule is Oc1ccc2cc(-c3ccc[nH]3)ccc2c1. The van der Waals surface area contributed by atoms with E-state index >= 15 is 0 Å². The van der Waals surface area contributed by atoms with Crippen LogP contribution in [0.2, 0.25) is 0 Å². The molecule has 0 saturated carbocycles. The zero-order valence-electron chi connectivity index (χ0n) is 8.64. The molecule has 0 bridgehead atoms. The summed E-state index contributed by atoms with van der Waals surface area (Å²) in [5, 5.41) is 11.6. The van der Waals surface area contributed by atoms with Gasteiger partial charge >= 0.3 is 0 Å². The van der Waals surface area contributed by atoms with Crippen molar-refractivity contribution >= 4 is 10.8 Å². The normalized spacial score (nSPS) is 10.8. The third kappa shape index (κ3) is 1.44. The molecule has 1 aromatic heterocycles. The molecule has 0 saturated heterocycles. The van der Waals surface area contributed by atoms with Gasteiger partial charge in [0.05, 0.1) is 0 Å². The predicted molar refractivity (Wildman–Crippen MR) is 65.4 cm³/mol. The van der Waals surface area contributed by atoms with Gasteiger partial charge in [-0.25, -0.2) is 0 Å². The predicted octanol–water partition coefficient (Wildman–Crippen LogP) is 3.54. The zero-order valence-corrected chi connectivity index (χ0v) is 8.64. The van der Waals surface area contributed by atoms with E-state index in [-0.39, 0.29) is 0 Å². The molecule has 2 nitrogen and oxygen atoms in total. The molecule has 2 N–H and O–H groups in total. The Hall–Kier alpha value is -2.22. The Bertz CT molecular complexity index is 626. The number of benzene rings is 2. The van der Waals surface area contributed by atoms with Crippen LogP contribution in [0.3, 0.4) is 0 Å². The summed E-state index contributed by atoms with van der Waals surface area (Å²) < 4.78 is 0. The van der Waals surface area contributed by atoms with Crippen molar-refractivity contribution in [2.75, 3.05) is 0 Å². The Balaban J connectivity index is 2.20. The topological polar surface area (TPSA) is 36.0 Å². The summed E-state index contributed by atoms with van der Waals surface area (Å²) in [4.78, 5) is 3.18. The Labute approximate surface area is 93.2 Å². The number of aromatic hydroxyl groups is 1. The highest BCUT2D eigenvalue weighted by Gasteiger charge is 2.00. The number of H-pyrrole nitrogens is 1. The average molecular weight is 209 g/mol. The average Bonchev–Trinajstić information content (AvgIpc) is 2.82. The van der Waals surface area contributed by atoms with Crippen molar-refractivity contribution in [2.24, 2.45) is 0 Å². The van der Waals surface area contributed by atoms with Crippen LogP contribution in [-0.2, 0) is 0 Å². The molecule has 3 rings (SSSR count). The van der Waals surface area contributed by atoms with Crippen LogP contribution in [0.15, 0.2) is 54.7 Å². The Kier molecular flexibility index (Phi) is 1.93. The first-order chi connectivity index (χ1) is 7.83. The second-order valence-electron chi connectivity index (χ2n) is 3.83. The number of fused-ring (bicyclic) bond motifs is 1. The second-order valence-corrected chi connectivity index (χ2v) is 3.83. The first-order valence-corrected chi connectivity index (χ1v) is 5.19. The Morgan fingerprint density at radius 1 is 0.875 bits per heavy atom. The van der Waals surface area contributed by atoms with Crippen molar-refractivity contribution in [2.45, 2.75) is 0 Å². The molecule has 3 aromatic rings.